The van der Waals surface area contributed by atoms with Crippen LogP contribution in [0.1, 0.15) is 17.2 Å². The average Bonchev–Trinajstić information content (AvgIpc) is 2.34. The highest BCUT2D eigenvalue weighted by atomic mass is 35.5. The molecule has 19 heavy (non-hydrogen) atoms. The van der Waals surface area contributed by atoms with Crippen molar-refractivity contribution in [2.45, 2.75) is 6.04 Å². The fourth-order valence-corrected chi connectivity index (χ4v) is 2.98. The third-order valence-corrected chi connectivity index (χ3v) is 3.96. The van der Waals surface area contributed by atoms with Gasteiger partial charge in [0, 0.05) is 20.1 Å². The molecule has 100 valence electrons. The summed E-state index contributed by atoms with van der Waals surface area (Å²) in [6, 6.07) is 10.7. The van der Waals surface area contributed by atoms with Crippen molar-refractivity contribution in [1.82, 2.24) is 5.32 Å². The highest BCUT2D eigenvalue weighted by Gasteiger charge is 2.18. The van der Waals surface area contributed by atoms with Crippen LogP contribution in [0, 0.1) is 0 Å². The van der Waals surface area contributed by atoms with Gasteiger partial charge in [-0.3, -0.25) is 0 Å². The molecule has 5 heteroatoms. The molecule has 1 N–H and O–H groups in total. The van der Waals surface area contributed by atoms with E-state index in [2.05, 4.69) is 5.32 Å². The quantitative estimate of drug-likeness (QED) is 0.769. The number of hydrogen-bond acceptors (Lipinski definition) is 1. The first kappa shape index (κ1) is 15.0. The van der Waals surface area contributed by atoms with E-state index in [9.17, 15) is 0 Å². The predicted molar refractivity (Wildman–Crippen MR) is 83.8 cm³/mol. The largest absolute Gasteiger partial charge is 0.309 e. The second-order valence-electron chi connectivity index (χ2n) is 4.05. The zero-order valence-corrected chi connectivity index (χ0v) is 13.1. The molecule has 0 bridgehead atoms. The molecule has 0 aromatic heterocycles. The molecule has 0 saturated carbocycles. The second kappa shape index (κ2) is 6.34. The first-order chi connectivity index (χ1) is 9.02. The Hall–Kier alpha value is -0.440. The standard InChI is InChI=1S/C14H11Cl4N/c1-19-14(10-4-2-8(15)6-12(10)17)11-5-3-9(16)7-13(11)18/h2-7,14,19H,1H3. The molecule has 0 radical (unpaired) electrons. The van der Waals surface area contributed by atoms with Crippen LogP contribution in [-0.4, -0.2) is 7.05 Å². The number of benzene rings is 2. The molecule has 0 saturated heterocycles. The molecule has 2 aromatic carbocycles. The topological polar surface area (TPSA) is 12.0 Å². The Morgan fingerprint density at radius 1 is 0.789 bits per heavy atom. The molecule has 2 aromatic rings. The second-order valence-corrected chi connectivity index (χ2v) is 5.74. The summed E-state index contributed by atoms with van der Waals surface area (Å²) in [5, 5.41) is 5.60. The fraction of sp³-hybridized carbons (Fsp3) is 0.143. The number of hydrogen-bond donors (Lipinski definition) is 1. The van der Waals surface area contributed by atoms with Crippen LogP contribution in [0.4, 0.5) is 0 Å². The lowest BCUT2D eigenvalue weighted by Crippen LogP contribution is -2.18. The lowest BCUT2D eigenvalue weighted by atomic mass is 9.99. The van der Waals surface area contributed by atoms with Gasteiger partial charge in [0.15, 0.2) is 0 Å². The maximum absolute atomic E-state index is 6.24. The molecule has 0 aliphatic carbocycles. The van der Waals surface area contributed by atoms with E-state index in [1.165, 1.54) is 0 Å². The van der Waals surface area contributed by atoms with Crippen molar-refractivity contribution in [2.24, 2.45) is 0 Å². The summed E-state index contributed by atoms with van der Waals surface area (Å²) in [6.45, 7) is 0. The first-order valence-electron chi connectivity index (χ1n) is 5.60. The molecule has 0 atom stereocenters. The lowest BCUT2D eigenvalue weighted by Gasteiger charge is -2.20. The Morgan fingerprint density at radius 3 is 1.53 bits per heavy atom. The van der Waals surface area contributed by atoms with Crippen molar-refractivity contribution >= 4 is 46.4 Å². The van der Waals surface area contributed by atoms with E-state index in [1.54, 1.807) is 24.3 Å². The average molecular weight is 335 g/mol. The summed E-state index contributed by atoms with van der Waals surface area (Å²) in [4.78, 5) is 0. The van der Waals surface area contributed by atoms with Gasteiger partial charge < -0.3 is 5.32 Å². The minimum Gasteiger partial charge on any atom is -0.309 e. The summed E-state index contributed by atoms with van der Waals surface area (Å²) in [7, 11) is 1.85. The first-order valence-corrected chi connectivity index (χ1v) is 7.11. The van der Waals surface area contributed by atoms with Gasteiger partial charge in [0.05, 0.1) is 6.04 Å². The number of halogens is 4. The van der Waals surface area contributed by atoms with Gasteiger partial charge in [-0.1, -0.05) is 58.5 Å². The SMILES string of the molecule is CNC(c1ccc(Cl)cc1Cl)c1ccc(Cl)cc1Cl. The molecular formula is C14H11Cl4N. The van der Waals surface area contributed by atoms with Crippen LogP contribution in [0.2, 0.25) is 20.1 Å². The molecule has 0 spiro atoms. The number of nitrogens with one attached hydrogen (secondary N) is 1. The van der Waals surface area contributed by atoms with Crippen LogP contribution in [-0.2, 0) is 0 Å². The predicted octanol–water partition coefficient (Wildman–Crippen LogP) is 5.61. The molecule has 1 nitrogen and oxygen atoms in total. The Labute approximate surface area is 132 Å². The van der Waals surface area contributed by atoms with Gasteiger partial charge in [-0.05, 0) is 42.4 Å². The van der Waals surface area contributed by atoms with Gasteiger partial charge in [-0.2, -0.15) is 0 Å². The van der Waals surface area contributed by atoms with Gasteiger partial charge in [0.2, 0.25) is 0 Å². The molecule has 0 fully saturated rings. The zero-order valence-electron chi connectivity index (χ0n) is 10.1. The molecular weight excluding hydrogens is 324 g/mol. The monoisotopic (exact) mass is 333 g/mol. The van der Waals surface area contributed by atoms with Gasteiger partial charge in [-0.15, -0.1) is 0 Å². The van der Waals surface area contributed by atoms with Gasteiger partial charge in [0.1, 0.15) is 0 Å². The molecule has 0 aliphatic heterocycles. The maximum atomic E-state index is 6.24. The van der Waals surface area contributed by atoms with E-state index in [0.717, 1.165) is 11.1 Å². The molecule has 0 heterocycles. The Balaban J connectivity index is 2.50. The summed E-state index contributed by atoms with van der Waals surface area (Å²) >= 11 is 24.3. The summed E-state index contributed by atoms with van der Waals surface area (Å²) in [6.07, 6.45) is 0. The van der Waals surface area contributed by atoms with Crippen LogP contribution in [0.5, 0.6) is 0 Å². The van der Waals surface area contributed by atoms with Crippen molar-refractivity contribution in [2.75, 3.05) is 7.05 Å². The van der Waals surface area contributed by atoms with Crippen LogP contribution in [0.3, 0.4) is 0 Å². The zero-order chi connectivity index (χ0) is 14.0. The van der Waals surface area contributed by atoms with Crippen molar-refractivity contribution in [3.8, 4) is 0 Å². The van der Waals surface area contributed by atoms with E-state index in [1.807, 2.05) is 19.2 Å². The minimum absolute atomic E-state index is 0.116. The van der Waals surface area contributed by atoms with Crippen LogP contribution in [0.25, 0.3) is 0 Å². The van der Waals surface area contributed by atoms with Crippen molar-refractivity contribution in [3.63, 3.8) is 0 Å². The van der Waals surface area contributed by atoms with Gasteiger partial charge in [0.25, 0.3) is 0 Å². The van der Waals surface area contributed by atoms with Crippen LogP contribution < -0.4 is 5.32 Å². The lowest BCUT2D eigenvalue weighted by molar-refractivity contribution is 0.692. The third-order valence-electron chi connectivity index (χ3n) is 2.84. The van der Waals surface area contributed by atoms with Crippen molar-refractivity contribution in [3.05, 3.63) is 67.6 Å². The Kier molecular flexibility index (Phi) is 4.99. The van der Waals surface area contributed by atoms with Gasteiger partial charge >= 0.3 is 0 Å². The molecule has 0 unspecified atom stereocenters. The fourth-order valence-electron chi connectivity index (χ4n) is 1.95. The highest BCUT2D eigenvalue weighted by molar-refractivity contribution is 6.36. The van der Waals surface area contributed by atoms with E-state index in [4.69, 9.17) is 46.4 Å². The normalized spacial score (nSPS) is 11.1. The molecule has 0 aliphatic rings. The number of rotatable bonds is 3. The van der Waals surface area contributed by atoms with Crippen molar-refractivity contribution in [1.29, 1.82) is 0 Å². The molecule has 2 rings (SSSR count). The highest BCUT2D eigenvalue weighted by Crippen LogP contribution is 2.34. The van der Waals surface area contributed by atoms with Gasteiger partial charge in [-0.25, -0.2) is 0 Å². The maximum Gasteiger partial charge on any atom is 0.0603 e. The minimum atomic E-state index is -0.116. The van der Waals surface area contributed by atoms with E-state index >= 15 is 0 Å². The van der Waals surface area contributed by atoms with Crippen LogP contribution in [0.15, 0.2) is 36.4 Å². The van der Waals surface area contributed by atoms with Crippen molar-refractivity contribution < 1.29 is 0 Å². The van der Waals surface area contributed by atoms with E-state index in [0.29, 0.717) is 20.1 Å². The third kappa shape index (κ3) is 3.36. The Morgan fingerprint density at radius 2 is 1.21 bits per heavy atom. The molecule has 0 amide bonds. The summed E-state index contributed by atoms with van der Waals surface area (Å²) in [5.41, 5.74) is 1.83. The van der Waals surface area contributed by atoms with E-state index in [-0.39, 0.29) is 6.04 Å². The summed E-state index contributed by atoms with van der Waals surface area (Å²) < 4.78 is 0. The smallest absolute Gasteiger partial charge is 0.0603 e. The van der Waals surface area contributed by atoms with Crippen LogP contribution >= 0.6 is 46.4 Å². The Bertz CT molecular complexity index is 546. The summed E-state index contributed by atoms with van der Waals surface area (Å²) in [5.74, 6) is 0. The van der Waals surface area contributed by atoms with E-state index < -0.39 is 0 Å².